The molecule has 1 aromatic carbocycles. The summed E-state index contributed by atoms with van der Waals surface area (Å²) < 4.78 is 39.6. The summed E-state index contributed by atoms with van der Waals surface area (Å²) in [6.07, 6.45) is 0.827. The number of carbonyl (C=O) groups excluding carboxylic acids is 1. The number of rotatable bonds is 5. The fourth-order valence-electron chi connectivity index (χ4n) is 4.82. The summed E-state index contributed by atoms with van der Waals surface area (Å²) in [6.45, 7) is 0.960. The van der Waals surface area contributed by atoms with Crippen molar-refractivity contribution in [2.24, 2.45) is 5.92 Å². The van der Waals surface area contributed by atoms with Crippen molar-refractivity contribution in [3.8, 4) is 0 Å². The van der Waals surface area contributed by atoms with E-state index in [9.17, 15) is 28.1 Å². The Morgan fingerprint density at radius 1 is 1.24 bits per heavy atom. The van der Waals surface area contributed by atoms with E-state index >= 15 is 0 Å². The van der Waals surface area contributed by atoms with E-state index < -0.39 is 28.8 Å². The van der Waals surface area contributed by atoms with Crippen molar-refractivity contribution in [3.63, 3.8) is 0 Å². The van der Waals surface area contributed by atoms with Gasteiger partial charge < -0.3 is 10.2 Å². The van der Waals surface area contributed by atoms with E-state index in [-0.39, 0.29) is 17.5 Å². The Morgan fingerprint density at radius 2 is 1.97 bits per heavy atom. The molecular weight excluding hydrogens is 387 g/mol. The van der Waals surface area contributed by atoms with E-state index in [1.54, 1.807) is 11.9 Å². The van der Waals surface area contributed by atoms with Crippen LogP contribution in [0.2, 0.25) is 0 Å². The normalized spacial score (nSPS) is 25.0. The lowest BCUT2D eigenvalue weighted by Gasteiger charge is -2.41. The summed E-state index contributed by atoms with van der Waals surface area (Å²) in [7, 11) is 1.67. The van der Waals surface area contributed by atoms with Gasteiger partial charge in [0.2, 0.25) is 5.91 Å². The van der Waals surface area contributed by atoms with Crippen LogP contribution >= 0.6 is 0 Å². The van der Waals surface area contributed by atoms with Crippen molar-refractivity contribution in [2.45, 2.75) is 63.2 Å². The quantitative estimate of drug-likeness (QED) is 0.586. The Morgan fingerprint density at radius 3 is 2.59 bits per heavy atom. The topological polar surface area (TPSA) is 75.5 Å². The molecule has 29 heavy (non-hydrogen) atoms. The first-order valence-corrected chi connectivity index (χ1v) is 10.0. The van der Waals surface area contributed by atoms with Gasteiger partial charge in [0.05, 0.1) is 11.3 Å². The number of alkyl halides is 3. The van der Waals surface area contributed by atoms with Crippen LogP contribution in [0.3, 0.4) is 0 Å². The highest BCUT2D eigenvalue weighted by atomic mass is 19.4. The number of hydrogen-bond acceptors (Lipinski definition) is 4. The number of halogens is 3. The third-order valence-electron chi connectivity index (χ3n) is 6.24. The Kier molecular flexibility index (Phi) is 6.45. The fraction of sp³-hybridized carbons (Fsp3) is 0.650. The number of nitro groups is 1. The molecule has 0 aromatic heterocycles. The van der Waals surface area contributed by atoms with E-state index in [0.717, 1.165) is 51.1 Å². The maximum atomic E-state index is 13.2. The van der Waals surface area contributed by atoms with Gasteiger partial charge in [0.1, 0.15) is 5.56 Å². The van der Waals surface area contributed by atoms with E-state index in [2.05, 4.69) is 5.32 Å². The van der Waals surface area contributed by atoms with Gasteiger partial charge in [-0.3, -0.25) is 14.9 Å². The molecule has 2 fully saturated rings. The standard InChI is InChI=1S/C20H26F3N3O3/c1-25(17-10-3-2-7-14(17)16-9-5-11-24-16)18(27)12-13-6-4-8-15(20(21,22)23)19(13)26(28)29/h4,6,8,14,16-17,24H,2-3,5,7,9-12H2,1H3. The number of para-hydroxylation sites is 1. The van der Waals surface area contributed by atoms with Crippen molar-refractivity contribution in [2.75, 3.05) is 13.6 Å². The number of nitro benzene ring substituents is 1. The van der Waals surface area contributed by atoms with Gasteiger partial charge in [-0.25, -0.2) is 0 Å². The zero-order valence-corrected chi connectivity index (χ0v) is 16.4. The third-order valence-corrected chi connectivity index (χ3v) is 6.24. The van der Waals surface area contributed by atoms with Crippen LogP contribution in [0, 0.1) is 16.0 Å². The van der Waals surface area contributed by atoms with Crippen LogP contribution in [-0.4, -0.2) is 41.4 Å². The molecule has 1 heterocycles. The molecule has 2 aliphatic rings. The summed E-state index contributed by atoms with van der Waals surface area (Å²) in [6, 6.07) is 3.37. The van der Waals surface area contributed by atoms with Crippen molar-refractivity contribution in [1.29, 1.82) is 0 Å². The molecule has 160 valence electrons. The highest BCUT2D eigenvalue weighted by molar-refractivity contribution is 5.80. The van der Waals surface area contributed by atoms with Gasteiger partial charge in [0, 0.05) is 24.7 Å². The third kappa shape index (κ3) is 4.71. The van der Waals surface area contributed by atoms with Crippen molar-refractivity contribution < 1.29 is 22.9 Å². The lowest BCUT2D eigenvalue weighted by atomic mass is 9.78. The second-order valence-electron chi connectivity index (χ2n) is 7.97. The van der Waals surface area contributed by atoms with E-state index in [1.807, 2.05) is 0 Å². The maximum absolute atomic E-state index is 13.2. The number of likely N-dealkylation sites (N-methyl/N-ethyl adjacent to an activating group) is 1. The summed E-state index contributed by atoms with van der Waals surface area (Å²) in [5.74, 6) is -0.0842. The van der Waals surface area contributed by atoms with Gasteiger partial charge >= 0.3 is 6.18 Å². The molecular formula is C20H26F3N3O3. The number of nitrogens with one attached hydrogen (secondary N) is 1. The highest BCUT2D eigenvalue weighted by Crippen LogP contribution is 2.38. The van der Waals surface area contributed by atoms with Crippen LogP contribution in [0.4, 0.5) is 18.9 Å². The average Bonchev–Trinajstić information content (AvgIpc) is 3.21. The van der Waals surface area contributed by atoms with Crippen molar-refractivity contribution in [3.05, 3.63) is 39.4 Å². The summed E-state index contributed by atoms with van der Waals surface area (Å²) >= 11 is 0. The van der Waals surface area contributed by atoms with Crippen LogP contribution < -0.4 is 5.32 Å². The second kappa shape index (κ2) is 8.69. The minimum Gasteiger partial charge on any atom is -0.342 e. The summed E-state index contributed by atoms with van der Waals surface area (Å²) in [4.78, 5) is 24.8. The molecule has 1 aliphatic heterocycles. The second-order valence-corrected chi connectivity index (χ2v) is 7.97. The molecule has 1 amide bonds. The number of hydrogen-bond donors (Lipinski definition) is 1. The van der Waals surface area contributed by atoms with Crippen LogP contribution in [0.15, 0.2) is 18.2 Å². The molecule has 1 aromatic rings. The average molecular weight is 413 g/mol. The van der Waals surface area contributed by atoms with E-state index in [4.69, 9.17) is 0 Å². The molecule has 1 saturated heterocycles. The first-order valence-electron chi connectivity index (χ1n) is 10.0. The first kappa shape index (κ1) is 21.5. The maximum Gasteiger partial charge on any atom is 0.423 e. The van der Waals surface area contributed by atoms with E-state index in [1.165, 1.54) is 6.07 Å². The molecule has 9 heteroatoms. The number of nitrogens with zero attached hydrogens (tertiary/aromatic N) is 2. The predicted octanol–water partition coefficient (Wildman–Crippen LogP) is 3.93. The molecule has 1 saturated carbocycles. The monoisotopic (exact) mass is 413 g/mol. The van der Waals surface area contributed by atoms with Crippen LogP contribution in [0.1, 0.15) is 49.7 Å². The van der Waals surface area contributed by atoms with Crippen molar-refractivity contribution in [1.82, 2.24) is 10.2 Å². The Hall–Kier alpha value is -2.16. The molecule has 0 bridgehead atoms. The molecule has 3 unspecified atom stereocenters. The number of benzene rings is 1. The molecule has 1 N–H and O–H groups in total. The lowest BCUT2D eigenvalue weighted by molar-refractivity contribution is -0.388. The van der Waals surface area contributed by atoms with Crippen LogP contribution in [0.25, 0.3) is 0 Å². The van der Waals surface area contributed by atoms with Crippen LogP contribution in [0.5, 0.6) is 0 Å². The molecule has 0 radical (unpaired) electrons. The van der Waals surface area contributed by atoms with Gasteiger partial charge in [-0.2, -0.15) is 13.2 Å². The molecule has 1 aliphatic carbocycles. The number of carbonyl (C=O) groups is 1. The molecule has 3 atom stereocenters. The highest BCUT2D eigenvalue weighted by Gasteiger charge is 2.41. The van der Waals surface area contributed by atoms with Crippen molar-refractivity contribution >= 4 is 11.6 Å². The predicted molar refractivity (Wildman–Crippen MR) is 101 cm³/mol. The molecule has 3 rings (SSSR count). The smallest absolute Gasteiger partial charge is 0.342 e. The van der Waals surface area contributed by atoms with Gasteiger partial charge in [-0.05, 0) is 44.2 Å². The Balaban J connectivity index is 1.81. The van der Waals surface area contributed by atoms with Crippen LogP contribution in [-0.2, 0) is 17.4 Å². The summed E-state index contributed by atoms with van der Waals surface area (Å²) in [5.41, 5.74) is -2.55. The number of amides is 1. The zero-order valence-electron chi connectivity index (χ0n) is 16.4. The summed E-state index contributed by atoms with van der Waals surface area (Å²) in [5, 5.41) is 14.8. The lowest BCUT2D eigenvalue weighted by Crippen LogP contribution is -2.50. The Bertz CT molecular complexity index is 763. The zero-order chi connectivity index (χ0) is 21.2. The fourth-order valence-corrected chi connectivity index (χ4v) is 4.82. The van der Waals surface area contributed by atoms with Gasteiger partial charge in [0.25, 0.3) is 5.69 Å². The van der Waals surface area contributed by atoms with Gasteiger partial charge in [-0.1, -0.05) is 25.0 Å². The SMILES string of the molecule is CN(C(=O)Cc1cccc(C(F)(F)F)c1[N+](=O)[O-])C1CCCCC1C1CCCN1. The minimum absolute atomic E-state index is 0.00305. The first-order chi connectivity index (χ1) is 13.7. The molecule has 0 spiro atoms. The van der Waals surface area contributed by atoms with E-state index in [0.29, 0.717) is 18.0 Å². The minimum atomic E-state index is -4.85. The Labute approximate surface area is 167 Å². The molecule has 6 nitrogen and oxygen atoms in total. The van der Waals surface area contributed by atoms with Gasteiger partial charge in [-0.15, -0.1) is 0 Å². The van der Waals surface area contributed by atoms with Gasteiger partial charge in [0.15, 0.2) is 0 Å². The largest absolute Gasteiger partial charge is 0.423 e.